The van der Waals surface area contributed by atoms with Crippen molar-refractivity contribution in [3.8, 4) is 0 Å². The van der Waals surface area contributed by atoms with E-state index in [1.165, 1.54) is 0 Å². The Morgan fingerprint density at radius 1 is 1.00 bits per heavy atom. The highest BCUT2D eigenvalue weighted by atomic mass is 35.5. The molecule has 2 aromatic rings. The van der Waals surface area contributed by atoms with Gasteiger partial charge in [-0.2, -0.15) is 0 Å². The van der Waals surface area contributed by atoms with E-state index in [0.717, 1.165) is 5.56 Å². The summed E-state index contributed by atoms with van der Waals surface area (Å²) in [5, 5.41) is 0.527. The number of carbonyl (C=O) groups is 1. The Bertz CT molecular complexity index is 933. The Balaban J connectivity index is 1.68. The Hall–Kier alpha value is -1.89. The predicted molar refractivity (Wildman–Crippen MR) is 102 cm³/mol. The van der Waals surface area contributed by atoms with Crippen molar-refractivity contribution in [2.75, 3.05) is 23.0 Å². The number of anilines is 1. The van der Waals surface area contributed by atoms with Crippen LogP contribution in [0.3, 0.4) is 0 Å². The first kappa shape index (κ1) is 17.5. The van der Waals surface area contributed by atoms with Gasteiger partial charge in [0.1, 0.15) is 0 Å². The van der Waals surface area contributed by atoms with Gasteiger partial charge in [-0.3, -0.25) is 9.69 Å². The second-order valence-electron chi connectivity index (χ2n) is 6.85. The molecule has 0 spiro atoms. The van der Waals surface area contributed by atoms with Crippen LogP contribution in [0.4, 0.5) is 5.69 Å². The Morgan fingerprint density at radius 3 is 2.46 bits per heavy atom. The van der Waals surface area contributed by atoms with Crippen molar-refractivity contribution in [2.45, 2.75) is 18.6 Å². The molecule has 2 unspecified atom stereocenters. The van der Waals surface area contributed by atoms with E-state index < -0.39 is 9.84 Å². The van der Waals surface area contributed by atoms with E-state index in [1.54, 1.807) is 29.2 Å². The SMILES string of the molecule is O=C1CN(Cc2ccccc2)C2CS(=O)(=O)CC2N1c1cccc(Cl)c1. The Kier molecular flexibility index (Phi) is 4.50. The second kappa shape index (κ2) is 6.68. The first-order valence-corrected chi connectivity index (χ1v) is 10.7. The summed E-state index contributed by atoms with van der Waals surface area (Å²) in [6.07, 6.45) is 0. The molecule has 4 rings (SSSR count). The van der Waals surface area contributed by atoms with E-state index in [1.807, 2.05) is 35.2 Å². The molecular formula is C19H19ClN2O3S. The molecule has 0 aromatic heterocycles. The number of nitrogens with zero attached hydrogens (tertiary/aromatic N) is 2. The van der Waals surface area contributed by atoms with Gasteiger partial charge < -0.3 is 4.90 Å². The number of carbonyl (C=O) groups excluding carboxylic acids is 1. The minimum absolute atomic E-state index is 0.0127. The summed E-state index contributed by atoms with van der Waals surface area (Å²) in [7, 11) is -3.20. The molecule has 2 aliphatic rings. The van der Waals surface area contributed by atoms with Gasteiger partial charge in [-0.1, -0.05) is 48.0 Å². The number of amides is 1. The fourth-order valence-electron chi connectivity index (χ4n) is 3.91. The molecule has 7 heteroatoms. The number of fused-ring (bicyclic) bond motifs is 1. The van der Waals surface area contributed by atoms with Crippen LogP contribution in [0.15, 0.2) is 54.6 Å². The third-order valence-corrected chi connectivity index (χ3v) is 6.95. The molecule has 2 aromatic carbocycles. The number of sulfone groups is 1. The fraction of sp³-hybridized carbons (Fsp3) is 0.316. The van der Waals surface area contributed by atoms with Crippen LogP contribution in [-0.2, 0) is 21.2 Å². The second-order valence-corrected chi connectivity index (χ2v) is 9.44. The highest BCUT2D eigenvalue weighted by Gasteiger charge is 2.49. The molecule has 0 bridgehead atoms. The molecule has 0 saturated carbocycles. The zero-order valence-electron chi connectivity index (χ0n) is 14.1. The zero-order chi connectivity index (χ0) is 18.3. The monoisotopic (exact) mass is 390 g/mol. The standard InChI is InChI=1S/C19H19ClN2O3S/c20-15-7-4-8-16(9-15)22-18-13-26(24,25)12-17(18)21(11-19(22)23)10-14-5-2-1-3-6-14/h1-9,17-18H,10-13H2. The molecule has 2 heterocycles. The smallest absolute Gasteiger partial charge is 0.241 e. The summed E-state index contributed by atoms with van der Waals surface area (Å²) in [6.45, 7) is 0.755. The van der Waals surface area contributed by atoms with Crippen LogP contribution in [-0.4, -0.2) is 49.4 Å². The lowest BCUT2D eigenvalue weighted by Crippen LogP contribution is -2.61. The number of rotatable bonds is 3. The van der Waals surface area contributed by atoms with E-state index in [9.17, 15) is 13.2 Å². The highest BCUT2D eigenvalue weighted by Crippen LogP contribution is 2.33. The number of benzene rings is 2. The lowest BCUT2D eigenvalue weighted by atomic mass is 10.0. The van der Waals surface area contributed by atoms with E-state index in [0.29, 0.717) is 17.3 Å². The van der Waals surface area contributed by atoms with Crippen LogP contribution < -0.4 is 4.90 Å². The molecule has 0 radical (unpaired) electrons. The number of halogens is 1. The van der Waals surface area contributed by atoms with Crippen LogP contribution in [0.5, 0.6) is 0 Å². The molecule has 5 nitrogen and oxygen atoms in total. The zero-order valence-corrected chi connectivity index (χ0v) is 15.7. The number of hydrogen-bond donors (Lipinski definition) is 0. The maximum absolute atomic E-state index is 12.9. The van der Waals surface area contributed by atoms with Gasteiger partial charge in [-0.05, 0) is 23.8 Å². The molecule has 1 amide bonds. The van der Waals surface area contributed by atoms with Crippen LogP contribution in [0.1, 0.15) is 5.56 Å². The molecule has 2 fully saturated rings. The van der Waals surface area contributed by atoms with Crippen molar-refractivity contribution in [1.29, 1.82) is 0 Å². The van der Waals surface area contributed by atoms with E-state index in [-0.39, 0.29) is 36.0 Å². The maximum Gasteiger partial charge on any atom is 0.241 e. The molecule has 136 valence electrons. The highest BCUT2D eigenvalue weighted by molar-refractivity contribution is 7.91. The van der Waals surface area contributed by atoms with Crippen molar-refractivity contribution >= 4 is 33.0 Å². The summed E-state index contributed by atoms with van der Waals surface area (Å²) < 4.78 is 24.7. The van der Waals surface area contributed by atoms with Gasteiger partial charge >= 0.3 is 0 Å². The quantitative estimate of drug-likeness (QED) is 0.807. The van der Waals surface area contributed by atoms with Gasteiger partial charge in [0.05, 0.1) is 24.1 Å². The van der Waals surface area contributed by atoms with E-state index in [2.05, 4.69) is 0 Å². The van der Waals surface area contributed by atoms with Crippen molar-refractivity contribution in [1.82, 2.24) is 4.90 Å². The average molecular weight is 391 g/mol. The maximum atomic E-state index is 12.9. The van der Waals surface area contributed by atoms with Gasteiger partial charge in [0.15, 0.2) is 9.84 Å². The van der Waals surface area contributed by atoms with Gasteiger partial charge in [0.2, 0.25) is 5.91 Å². The third-order valence-electron chi connectivity index (χ3n) is 5.02. The molecule has 2 aliphatic heterocycles. The summed E-state index contributed by atoms with van der Waals surface area (Å²) in [5.74, 6) is -0.0303. The van der Waals surface area contributed by atoms with E-state index >= 15 is 0 Å². The summed E-state index contributed by atoms with van der Waals surface area (Å²) >= 11 is 6.08. The van der Waals surface area contributed by atoms with Crippen molar-refractivity contribution < 1.29 is 13.2 Å². The number of hydrogen-bond acceptors (Lipinski definition) is 4. The molecule has 0 aliphatic carbocycles. The predicted octanol–water partition coefficient (Wildman–Crippen LogP) is 2.35. The topological polar surface area (TPSA) is 57.7 Å². The Morgan fingerprint density at radius 2 is 1.73 bits per heavy atom. The van der Waals surface area contributed by atoms with Gasteiger partial charge in [-0.15, -0.1) is 0 Å². The molecule has 2 saturated heterocycles. The minimum atomic E-state index is -3.20. The molecule has 26 heavy (non-hydrogen) atoms. The first-order valence-electron chi connectivity index (χ1n) is 8.49. The first-order chi connectivity index (χ1) is 12.4. The van der Waals surface area contributed by atoms with Crippen molar-refractivity contribution in [3.63, 3.8) is 0 Å². The lowest BCUT2D eigenvalue weighted by molar-refractivity contribution is -0.123. The van der Waals surface area contributed by atoms with E-state index in [4.69, 9.17) is 11.6 Å². The molecule has 2 atom stereocenters. The van der Waals surface area contributed by atoms with Crippen LogP contribution in [0, 0.1) is 0 Å². The fourth-order valence-corrected chi connectivity index (χ4v) is 6.08. The van der Waals surface area contributed by atoms with Gasteiger partial charge in [0, 0.05) is 23.3 Å². The average Bonchev–Trinajstić information content (AvgIpc) is 2.91. The van der Waals surface area contributed by atoms with Gasteiger partial charge in [-0.25, -0.2) is 8.42 Å². The Labute approximate surface area is 158 Å². The number of piperazine rings is 1. The lowest BCUT2D eigenvalue weighted by Gasteiger charge is -2.43. The van der Waals surface area contributed by atoms with Crippen molar-refractivity contribution in [3.05, 3.63) is 65.2 Å². The van der Waals surface area contributed by atoms with Crippen molar-refractivity contribution in [2.24, 2.45) is 0 Å². The minimum Gasteiger partial charge on any atom is -0.306 e. The summed E-state index contributed by atoms with van der Waals surface area (Å²) in [5.41, 5.74) is 1.73. The van der Waals surface area contributed by atoms with Crippen LogP contribution >= 0.6 is 11.6 Å². The third kappa shape index (κ3) is 3.37. The van der Waals surface area contributed by atoms with Crippen LogP contribution in [0.2, 0.25) is 5.02 Å². The molecule has 0 N–H and O–H groups in total. The summed E-state index contributed by atoms with van der Waals surface area (Å²) in [4.78, 5) is 16.5. The van der Waals surface area contributed by atoms with Gasteiger partial charge in [0.25, 0.3) is 0 Å². The molecular weight excluding hydrogens is 372 g/mol. The largest absolute Gasteiger partial charge is 0.306 e. The summed E-state index contributed by atoms with van der Waals surface area (Å²) in [6, 6.07) is 16.3. The van der Waals surface area contributed by atoms with Crippen LogP contribution in [0.25, 0.3) is 0 Å². The normalized spacial score (nSPS) is 25.3.